The van der Waals surface area contributed by atoms with Gasteiger partial charge in [-0.3, -0.25) is 4.57 Å². The lowest BCUT2D eigenvalue weighted by Gasteiger charge is -2.11. The minimum atomic E-state index is 0.576. The predicted octanol–water partition coefficient (Wildman–Crippen LogP) is 10.5. The fraction of sp³-hybridized carbons (Fsp3) is 0. The third-order valence-corrected chi connectivity index (χ3v) is 9.04. The molecule has 0 bridgehead atoms. The molecule has 0 N–H and O–H groups in total. The van der Waals surface area contributed by atoms with Crippen LogP contribution in [0.25, 0.3) is 94.0 Å². The van der Waals surface area contributed by atoms with Gasteiger partial charge in [0.2, 0.25) is 5.95 Å². The Morgan fingerprint density at radius 2 is 0.978 bits per heavy atom. The maximum atomic E-state index is 6.13. The molecule has 3 aromatic heterocycles. The molecule has 0 atom stereocenters. The van der Waals surface area contributed by atoms with Gasteiger partial charge in [0, 0.05) is 32.7 Å². The maximum absolute atomic E-state index is 6.13. The molecule has 0 radical (unpaired) electrons. The van der Waals surface area contributed by atoms with Crippen molar-refractivity contribution in [1.29, 1.82) is 0 Å². The predicted molar refractivity (Wildman–Crippen MR) is 187 cm³/mol. The smallest absolute Gasteiger partial charge is 0.238 e. The second kappa shape index (κ2) is 9.58. The highest BCUT2D eigenvalue weighted by atomic mass is 16.3. The fourth-order valence-corrected chi connectivity index (χ4v) is 6.94. The molecular weight excluding hydrogens is 564 g/mol. The van der Waals surface area contributed by atoms with E-state index in [2.05, 4.69) is 89.5 Å². The molecule has 5 heteroatoms. The third-order valence-electron chi connectivity index (χ3n) is 9.04. The Hall–Kier alpha value is -6.33. The molecule has 0 spiro atoms. The third kappa shape index (κ3) is 3.66. The Labute approximate surface area is 263 Å². The van der Waals surface area contributed by atoms with Crippen molar-refractivity contribution in [3.8, 4) is 28.7 Å². The first-order valence-corrected chi connectivity index (χ1v) is 15.4. The molecule has 0 aliphatic carbocycles. The Bertz CT molecular complexity index is 2720. The number of benzene rings is 7. The van der Waals surface area contributed by atoms with Gasteiger partial charge in [0.15, 0.2) is 11.6 Å². The molecule has 5 nitrogen and oxygen atoms in total. The zero-order valence-electron chi connectivity index (χ0n) is 24.6. The Balaban J connectivity index is 1.32. The van der Waals surface area contributed by atoms with Crippen LogP contribution in [0, 0.1) is 0 Å². The van der Waals surface area contributed by atoms with Crippen LogP contribution in [-0.4, -0.2) is 19.5 Å². The molecule has 3 heterocycles. The van der Waals surface area contributed by atoms with Crippen LogP contribution in [0.3, 0.4) is 0 Å². The Morgan fingerprint density at radius 1 is 0.413 bits per heavy atom. The summed E-state index contributed by atoms with van der Waals surface area (Å²) in [6.07, 6.45) is 0. The van der Waals surface area contributed by atoms with E-state index in [0.29, 0.717) is 17.6 Å². The van der Waals surface area contributed by atoms with E-state index in [-0.39, 0.29) is 0 Å². The quantitative estimate of drug-likeness (QED) is 0.206. The summed E-state index contributed by atoms with van der Waals surface area (Å²) in [7, 11) is 0. The summed E-state index contributed by atoms with van der Waals surface area (Å²) in [5.41, 5.74) is 5.63. The molecule has 0 aliphatic rings. The lowest BCUT2D eigenvalue weighted by atomic mass is 10.00. The van der Waals surface area contributed by atoms with Crippen molar-refractivity contribution in [1.82, 2.24) is 19.5 Å². The maximum Gasteiger partial charge on any atom is 0.238 e. The first-order valence-electron chi connectivity index (χ1n) is 15.4. The number of aromatic nitrogens is 4. The molecule has 46 heavy (non-hydrogen) atoms. The second-order valence-electron chi connectivity index (χ2n) is 11.7. The van der Waals surface area contributed by atoms with Crippen LogP contribution >= 0.6 is 0 Å². The van der Waals surface area contributed by atoms with Crippen molar-refractivity contribution >= 4 is 65.3 Å². The van der Waals surface area contributed by atoms with E-state index in [1.807, 2.05) is 60.7 Å². The first-order chi connectivity index (χ1) is 22.8. The molecule has 214 valence electrons. The van der Waals surface area contributed by atoms with Crippen LogP contribution in [0.2, 0.25) is 0 Å². The lowest BCUT2D eigenvalue weighted by Crippen LogP contribution is -2.06. The van der Waals surface area contributed by atoms with E-state index in [1.165, 1.54) is 32.3 Å². The van der Waals surface area contributed by atoms with E-state index in [1.54, 1.807) is 0 Å². The summed E-state index contributed by atoms with van der Waals surface area (Å²) in [5.74, 6) is 1.80. The number of fused-ring (bicyclic) bond motifs is 10. The van der Waals surface area contributed by atoms with Crippen molar-refractivity contribution in [3.05, 3.63) is 146 Å². The minimum Gasteiger partial charge on any atom is -0.456 e. The van der Waals surface area contributed by atoms with Crippen molar-refractivity contribution < 1.29 is 4.42 Å². The van der Waals surface area contributed by atoms with Gasteiger partial charge in [0.25, 0.3) is 0 Å². The summed E-state index contributed by atoms with van der Waals surface area (Å²) in [5, 5.41) is 9.29. The van der Waals surface area contributed by atoms with E-state index in [4.69, 9.17) is 19.4 Å². The second-order valence-corrected chi connectivity index (χ2v) is 11.7. The summed E-state index contributed by atoms with van der Waals surface area (Å²) in [4.78, 5) is 15.4. The Morgan fingerprint density at radius 3 is 1.67 bits per heavy atom. The van der Waals surface area contributed by atoms with Crippen LogP contribution in [-0.2, 0) is 0 Å². The fourth-order valence-electron chi connectivity index (χ4n) is 6.94. The van der Waals surface area contributed by atoms with Gasteiger partial charge in [-0.05, 0) is 57.9 Å². The van der Waals surface area contributed by atoms with Crippen molar-refractivity contribution in [3.63, 3.8) is 0 Å². The molecule has 0 saturated carbocycles. The van der Waals surface area contributed by atoms with E-state index in [0.717, 1.165) is 44.1 Å². The van der Waals surface area contributed by atoms with Crippen LogP contribution < -0.4 is 0 Å². The van der Waals surface area contributed by atoms with Crippen molar-refractivity contribution in [2.24, 2.45) is 0 Å². The highest BCUT2D eigenvalue weighted by molar-refractivity contribution is 6.28. The Kier molecular flexibility index (Phi) is 5.22. The van der Waals surface area contributed by atoms with Gasteiger partial charge in [-0.2, -0.15) is 9.97 Å². The number of rotatable bonds is 3. The molecular formula is C41H24N4O. The van der Waals surface area contributed by atoms with Gasteiger partial charge in [-0.15, -0.1) is 0 Å². The number of hydrogen-bond acceptors (Lipinski definition) is 4. The standard InChI is InChI=1S/C41H24N4O/c1-2-12-27(13-3-1)39-42-40(28-20-23-36-32(24-28)31-16-8-9-17-35(31)46-36)44-41(43-39)45-33-21-18-25-10-4-6-14-29(25)37(33)38-30-15-7-5-11-26(30)19-22-34(38)45/h1-24H. The van der Waals surface area contributed by atoms with E-state index >= 15 is 0 Å². The summed E-state index contributed by atoms with van der Waals surface area (Å²) >= 11 is 0. The summed E-state index contributed by atoms with van der Waals surface area (Å²) < 4.78 is 8.33. The molecule has 10 aromatic rings. The normalized spacial score (nSPS) is 11.9. The van der Waals surface area contributed by atoms with Crippen molar-refractivity contribution in [2.45, 2.75) is 0 Å². The number of para-hydroxylation sites is 1. The molecule has 7 aromatic carbocycles. The number of hydrogen-bond donors (Lipinski definition) is 0. The summed E-state index contributed by atoms with van der Waals surface area (Å²) in [6, 6.07) is 50.4. The first kappa shape index (κ1) is 25.0. The average molecular weight is 589 g/mol. The monoisotopic (exact) mass is 588 g/mol. The van der Waals surface area contributed by atoms with Gasteiger partial charge >= 0.3 is 0 Å². The largest absolute Gasteiger partial charge is 0.456 e. The van der Waals surface area contributed by atoms with Gasteiger partial charge in [-0.25, -0.2) is 4.98 Å². The highest BCUT2D eigenvalue weighted by Crippen LogP contribution is 2.40. The molecule has 0 amide bonds. The van der Waals surface area contributed by atoms with Gasteiger partial charge in [0.1, 0.15) is 11.2 Å². The van der Waals surface area contributed by atoms with E-state index < -0.39 is 0 Å². The molecule has 0 aliphatic heterocycles. The van der Waals surface area contributed by atoms with Crippen LogP contribution in [0.4, 0.5) is 0 Å². The van der Waals surface area contributed by atoms with Crippen molar-refractivity contribution in [2.75, 3.05) is 0 Å². The number of furan rings is 1. The zero-order chi connectivity index (χ0) is 30.2. The number of nitrogens with zero attached hydrogens (tertiary/aromatic N) is 4. The van der Waals surface area contributed by atoms with E-state index in [9.17, 15) is 0 Å². The zero-order valence-corrected chi connectivity index (χ0v) is 24.6. The molecule has 10 rings (SSSR count). The summed E-state index contributed by atoms with van der Waals surface area (Å²) in [6.45, 7) is 0. The van der Waals surface area contributed by atoms with Crippen LogP contribution in [0.1, 0.15) is 0 Å². The SMILES string of the molecule is c1ccc(-c2nc(-c3ccc4oc5ccccc5c4c3)nc(-n3c4ccc5ccccc5c4c4c5ccccc5ccc43)n2)cc1. The van der Waals surface area contributed by atoms with Gasteiger partial charge < -0.3 is 4.42 Å². The van der Waals surface area contributed by atoms with Crippen LogP contribution in [0.15, 0.2) is 150 Å². The topological polar surface area (TPSA) is 56.7 Å². The molecule has 0 fully saturated rings. The lowest BCUT2D eigenvalue weighted by molar-refractivity contribution is 0.669. The van der Waals surface area contributed by atoms with Gasteiger partial charge in [0.05, 0.1) is 11.0 Å². The minimum absolute atomic E-state index is 0.576. The van der Waals surface area contributed by atoms with Crippen LogP contribution in [0.5, 0.6) is 0 Å². The molecule has 0 unspecified atom stereocenters. The highest BCUT2D eigenvalue weighted by Gasteiger charge is 2.21. The average Bonchev–Trinajstić information content (AvgIpc) is 3.68. The molecule has 0 saturated heterocycles. The van der Waals surface area contributed by atoms with Gasteiger partial charge in [-0.1, -0.05) is 109 Å².